The van der Waals surface area contributed by atoms with E-state index in [1.54, 1.807) is 7.11 Å². The van der Waals surface area contributed by atoms with Crippen LogP contribution in [0.5, 0.6) is 5.75 Å². The Morgan fingerprint density at radius 2 is 1.89 bits per heavy atom. The van der Waals surface area contributed by atoms with E-state index >= 15 is 0 Å². The average Bonchev–Trinajstić information content (AvgIpc) is 2.43. The molecule has 2 N–H and O–H groups in total. The van der Waals surface area contributed by atoms with E-state index in [9.17, 15) is 5.11 Å². The van der Waals surface area contributed by atoms with Crippen molar-refractivity contribution in [1.29, 1.82) is 0 Å². The molecule has 1 heterocycles. The SMILES string of the molecule is COc1ccc(NC2(CO)CCN(C)CC2)cc1. The quantitative estimate of drug-likeness (QED) is 0.851. The number of nitrogens with zero attached hydrogens (tertiary/aromatic N) is 1. The monoisotopic (exact) mass is 250 g/mol. The van der Waals surface area contributed by atoms with E-state index in [4.69, 9.17) is 4.74 Å². The molecule has 1 aromatic carbocycles. The highest BCUT2D eigenvalue weighted by atomic mass is 16.5. The molecule has 1 aliphatic rings. The Morgan fingerprint density at radius 3 is 2.39 bits per heavy atom. The predicted octanol–water partition coefficient (Wildman–Crippen LogP) is 1.56. The summed E-state index contributed by atoms with van der Waals surface area (Å²) in [6.45, 7) is 2.21. The Labute approximate surface area is 109 Å². The van der Waals surface area contributed by atoms with Crippen LogP contribution in [0.2, 0.25) is 0 Å². The summed E-state index contributed by atoms with van der Waals surface area (Å²) in [4.78, 5) is 2.30. The van der Waals surface area contributed by atoms with Crippen molar-refractivity contribution in [2.24, 2.45) is 0 Å². The number of nitrogens with one attached hydrogen (secondary N) is 1. The van der Waals surface area contributed by atoms with Gasteiger partial charge < -0.3 is 20.1 Å². The van der Waals surface area contributed by atoms with Crippen molar-refractivity contribution in [2.45, 2.75) is 18.4 Å². The number of ether oxygens (including phenoxy) is 1. The molecule has 0 aliphatic carbocycles. The molecule has 1 aromatic rings. The van der Waals surface area contributed by atoms with Crippen LogP contribution in [0, 0.1) is 0 Å². The van der Waals surface area contributed by atoms with Crippen LogP contribution in [-0.2, 0) is 0 Å². The van der Waals surface area contributed by atoms with Gasteiger partial charge in [-0.3, -0.25) is 0 Å². The van der Waals surface area contributed by atoms with Gasteiger partial charge in [0.1, 0.15) is 5.75 Å². The lowest BCUT2D eigenvalue weighted by Crippen LogP contribution is -2.50. The van der Waals surface area contributed by atoms with Crippen LogP contribution >= 0.6 is 0 Å². The van der Waals surface area contributed by atoms with E-state index in [1.807, 2.05) is 24.3 Å². The van der Waals surface area contributed by atoms with Gasteiger partial charge in [-0.2, -0.15) is 0 Å². The summed E-state index contributed by atoms with van der Waals surface area (Å²) in [5.41, 5.74) is 0.857. The molecule has 18 heavy (non-hydrogen) atoms. The summed E-state index contributed by atoms with van der Waals surface area (Å²) in [5.74, 6) is 0.849. The maximum absolute atomic E-state index is 9.68. The number of methoxy groups -OCH3 is 1. The number of anilines is 1. The molecule has 0 aromatic heterocycles. The number of aliphatic hydroxyl groups is 1. The van der Waals surface area contributed by atoms with E-state index in [0.717, 1.165) is 37.4 Å². The largest absolute Gasteiger partial charge is 0.497 e. The van der Waals surface area contributed by atoms with Crippen molar-refractivity contribution in [3.63, 3.8) is 0 Å². The zero-order valence-corrected chi connectivity index (χ0v) is 11.1. The topological polar surface area (TPSA) is 44.7 Å². The first kappa shape index (κ1) is 13.2. The minimum Gasteiger partial charge on any atom is -0.497 e. The molecule has 4 nitrogen and oxygen atoms in total. The van der Waals surface area contributed by atoms with E-state index in [1.165, 1.54) is 0 Å². The number of benzene rings is 1. The zero-order chi connectivity index (χ0) is 13.0. The third-order valence-corrected chi connectivity index (χ3v) is 3.75. The summed E-state index contributed by atoms with van der Waals surface area (Å²) in [5, 5.41) is 13.2. The van der Waals surface area contributed by atoms with Gasteiger partial charge in [-0.1, -0.05) is 0 Å². The molecule has 4 heteroatoms. The van der Waals surface area contributed by atoms with Crippen LogP contribution in [0.4, 0.5) is 5.69 Å². The lowest BCUT2D eigenvalue weighted by atomic mass is 9.88. The maximum atomic E-state index is 9.68. The van der Waals surface area contributed by atoms with Crippen molar-refractivity contribution < 1.29 is 9.84 Å². The van der Waals surface area contributed by atoms with Crippen LogP contribution < -0.4 is 10.1 Å². The number of piperidine rings is 1. The second-order valence-corrected chi connectivity index (χ2v) is 5.10. The molecule has 0 radical (unpaired) electrons. The van der Waals surface area contributed by atoms with Gasteiger partial charge in [0, 0.05) is 18.8 Å². The number of aliphatic hydroxyl groups excluding tert-OH is 1. The Balaban J connectivity index is 2.05. The molecule has 0 atom stereocenters. The van der Waals surface area contributed by atoms with Crippen molar-refractivity contribution in [1.82, 2.24) is 4.90 Å². The Kier molecular flexibility index (Phi) is 4.09. The number of likely N-dealkylation sites (tertiary alicyclic amines) is 1. The fourth-order valence-corrected chi connectivity index (χ4v) is 2.35. The Hall–Kier alpha value is -1.26. The van der Waals surface area contributed by atoms with Crippen LogP contribution in [0.25, 0.3) is 0 Å². The number of hydrogen-bond donors (Lipinski definition) is 2. The molecule has 0 bridgehead atoms. The normalized spacial score (nSPS) is 19.5. The molecule has 0 amide bonds. The highest BCUT2D eigenvalue weighted by Crippen LogP contribution is 2.27. The molecule has 1 saturated heterocycles. The molecular formula is C14H22N2O2. The molecule has 100 valence electrons. The molecule has 0 saturated carbocycles. The first-order chi connectivity index (χ1) is 8.67. The van der Waals surface area contributed by atoms with Gasteiger partial charge in [-0.15, -0.1) is 0 Å². The molecular weight excluding hydrogens is 228 g/mol. The first-order valence-electron chi connectivity index (χ1n) is 6.39. The van der Waals surface area contributed by atoms with Gasteiger partial charge >= 0.3 is 0 Å². The number of hydrogen-bond acceptors (Lipinski definition) is 4. The third-order valence-electron chi connectivity index (χ3n) is 3.75. The van der Waals surface area contributed by atoms with Crippen molar-refractivity contribution in [3.8, 4) is 5.75 Å². The van der Waals surface area contributed by atoms with Crippen LogP contribution in [-0.4, -0.2) is 49.4 Å². The molecule has 2 rings (SSSR count). The molecule has 0 spiro atoms. The average molecular weight is 250 g/mol. The highest BCUT2D eigenvalue weighted by molar-refractivity contribution is 5.48. The first-order valence-corrected chi connectivity index (χ1v) is 6.39. The Bertz CT molecular complexity index is 370. The third kappa shape index (κ3) is 2.94. The molecule has 0 unspecified atom stereocenters. The van der Waals surface area contributed by atoms with E-state index in [0.29, 0.717) is 0 Å². The summed E-state index contributed by atoms with van der Waals surface area (Å²) in [6.07, 6.45) is 1.93. The Morgan fingerprint density at radius 1 is 1.28 bits per heavy atom. The lowest BCUT2D eigenvalue weighted by Gasteiger charge is -2.40. The minimum absolute atomic E-state index is 0.173. The number of rotatable bonds is 4. The van der Waals surface area contributed by atoms with Gasteiger partial charge in [0.25, 0.3) is 0 Å². The van der Waals surface area contributed by atoms with Crippen molar-refractivity contribution in [2.75, 3.05) is 39.2 Å². The second kappa shape index (κ2) is 5.59. The van der Waals surface area contributed by atoms with Gasteiger partial charge in [-0.05, 0) is 44.2 Å². The zero-order valence-electron chi connectivity index (χ0n) is 11.1. The second-order valence-electron chi connectivity index (χ2n) is 5.10. The van der Waals surface area contributed by atoms with Gasteiger partial charge in [0.2, 0.25) is 0 Å². The molecule has 1 fully saturated rings. The smallest absolute Gasteiger partial charge is 0.119 e. The summed E-state index contributed by atoms with van der Waals surface area (Å²) >= 11 is 0. The van der Waals surface area contributed by atoms with Gasteiger partial charge in [-0.25, -0.2) is 0 Å². The fourth-order valence-electron chi connectivity index (χ4n) is 2.35. The lowest BCUT2D eigenvalue weighted by molar-refractivity contribution is 0.133. The van der Waals surface area contributed by atoms with Crippen LogP contribution in [0.15, 0.2) is 24.3 Å². The summed E-state index contributed by atoms with van der Waals surface area (Å²) in [6, 6.07) is 7.86. The van der Waals surface area contributed by atoms with E-state index in [-0.39, 0.29) is 12.1 Å². The van der Waals surface area contributed by atoms with Gasteiger partial charge in [0.15, 0.2) is 0 Å². The maximum Gasteiger partial charge on any atom is 0.119 e. The van der Waals surface area contributed by atoms with Gasteiger partial charge in [0.05, 0.1) is 19.3 Å². The van der Waals surface area contributed by atoms with Crippen molar-refractivity contribution in [3.05, 3.63) is 24.3 Å². The predicted molar refractivity (Wildman–Crippen MR) is 73.2 cm³/mol. The van der Waals surface area contributed by atoms with Crippen LogP contribution in [0.3, 0.4) is 0 Å². The van der Waals surface area contributed by atoms with Crippen LogP contribution in [0.1, 0.15) is 12.8 Å². The standard InChI is InChI=1S/C14H22N2O2/c1-16-9-7-14(11-17,8-10-16)15-12-3-5-13(18-2)6-4-12/h3-6,15,17H,7-11H2,1-2H3. The highest BCUT2D eigenvalue weighted by Gasteiger charge is 2.32. The molecule has 1 aliphatic heterocycles. The minimum atomic E-state index is -0.179. The summed E-state index contributed by atoms with van der Waals surface area (Å²) < 4.78 is 5.14. The van der Waals surface area contributed by atoms with E-state index in [2.05, 4.69) is 17.3 Å². The van der Waals surface area contributed by atoms with Crippen molar-refractivity contribution >= 4 is 5.69 Å². The van der Waals surface area contributed by atoms with E-state index < -0.39 is 0 Å². The fraction of sp³-hybridized carbons (Fsp3) is 0.571. The summed E-state index contributed by atoms with van der Waals surface area (Å²) in [7, 11) is 3.78.